The van der Waals surface area contributed by atoms with Crippen molar-refractivity contribution in [1.82, 2.24) is 15.5 Å². The lowest BCUT2D eigenvalue weighted by molar-refractivity contribution is -0.128. The van der Waals surface area contributed by atoms with E-state index in [-0.39, 0.29) is 11.9 Å². The van der Waals surface area contributed by atoms with Crippen LogP contribution in [-0.2, 0) is 11.2 Å². The molecule has 1 aromatic carbocycles. The fraction of sp³-hybridized carbons (Fsp3) is 0.500. The molecule has 0 aliphatic heterocycles. The Morgan fingerprint density at radius 2 is 2.00 bits per heavy atom. The highest BCUT2D eigenvalue weighted by atomic mass is 16.5. The lowest BCUT2D eigenvalue weighted by Crippen LogP contribution is -2.55. The number of nitrogens with two attached hydrogens (primary N) is 1. The summed E-state index contributed by atoms with van der Waals surface area (Å²) in [5, 5.41) is 6.93. The van der Waals surface area contributed by atoms with Gasteiger partial charge in [-0.05, 0) is 25.3 Å². The van der Waals surface area contributed by atoms with Crippen LogP contribution < -0.4 is 11.1 Å². The molecule has 3 rings (SSSR count). The summed E-state index contributed by atoms with van der Waals surface area (Å²) in [4.78, 5) is 16.9. The number of nitrogens with zero attached hydrogens (tertiary/aromatic N) is 2. The summed E-state index contributed by atoms with van der Waals surface area (Å²) in [6.07, 6.45) is 5.20. The molecule has 1 unspecified atom stereocenters. The Labute approximate surface area is 141 Å². The van der Waals surface area contributed by atoms with Crippen molar-refractivity contribution in [2.75, 3.05) is 0 Å². The predicted molar refractivity (Wildman–Crippen MR) is 90.1 cm³/mol. The van der Waals surface area contributed by atoms with Crippen LogP contribution in [0.15, 0.2) is 34.9 Å². The van der Waals surface area contributed by atoms with Crippen molar-refractivity contribution in [3.63, 3.8) is 0 Å². The van der Waals surface area contributed by atoms with E-state index in [4.69, 9.17) is 10.3 Å². The number of benzene rings is 1. The van der Waals surface area contributed by atoms with Crippen LogP contribution in [0.1, 0.15) is 62.3 Å². The van der Waals surface area contributed by atoms with Crippen LogP contribution >= 0.6 is 0 Å². The Kier molecular flexibility index (Phi) is 4.94. The maximum atomic E-state index is 12.5. The fourth-order valence-corrected chi connectivity index (χ4v) is 3.10. The average Bonchev–Trinajstić information content (AvgIpc) is 3.05. The lowest BCUT2D eigenvalue weighted by Gasteiger charge is -2.32. The van der Waals surface area contributed by atoms with Crippen molar-refractivity contribution in [2.45, 2.75) is 57.0 Å². The number of amides is 1. The average molecular weight is 328 g/mol. The zero-order chi connectivity index (χ0) is 17.0. The van der Waals surface area contributed by atoms with Crippen LogP contribution in [0.5, 0.6) is 0 Å². The van der Waals surface area contributed by atoms with Gasteiger partial charge in [-0.2, -0.15) is 4.98 Å². The van der Waals surface area contributed by atoms with Crippen molar-refractivity contribution < 1.29 is 9.32 Å². The third-order valence-electron chi connectivity index (χ3n) is 4.61. The molecule has 1 atom stereocenters. The van der Waals surface area contributed by atoms with Crippen LogP contribution in [0.4, 0.5) is 0 Å². The summed E-state index contributed by atoms with van der Waals surface area (Å²) in [7, 11) is 0. The topological polar surface area (TPSA) is 94.0 Å². The van der Waals surface area contributed by atoms with E-state index in [1.165, 1.54) is 0 Å². The molecule has 1 fully saturated rings. The van der Waals surface area contributed by atoms with Gasteiger partial charge in [0, 0.05) is 0 Å². The summed E-state index contributed by atoms with van der Waals surface area (Å²) in [6, 6.07) is 9.61. The van der Waals surface area contributed by atoms with Gasteiger partial charge < -0.3 is 15.6 Å². The van der Waals surface area contributed by atoms with E-state index in [1.54, 1.807) is 0 Å². The highest BCUT2D eigenvalue weighted by molar-refractivity contribution is 5.86. The minimum absolute atomic E-state index is 0.121. The van der Waals surface area contributed by atoms with Crippen molar-refractivity contribution in [3.05, 3.63) is 47.6 Å². The van der Waals surface area contributed by atoms with Crippen molar-refractivity contribution in [2.24, 2.45) is 5.73 Å². The maximum Gasteiger partial charge on any atom is 0.240 e. The second kappa shape index (κ2) is 7.13. The highest BCUT2D eigenvalue weighted by Gasteiger charge is 2.36. The molecule has 128 valence electrons. The van der Waals surface area contributed by atoms with E-state index in [1.807, 2.05) is 37.3 Å². The van der Waals surface area contributed by atoms with Crippen LogP contribution in [0.25, 0.3) is 0 Å². The minimum Gasteiger partial charge on any atom is -0.345 e. The molecular weight excluding hydrogens is 304 g/mol. The summed E-state index contributed by atoms with van der Waals surface area (Å²) < 4.78 is 5.30. The largest absolute Gasteiger partial charge is 0.345 e. The third-order valence-corrected chi connectivity index (χ3v) is 4.61. The first-order valence-electron chi connectivity index (χ1n) is 8.53. The normalized spacial score (nSPS) is 18.1. The van der Waals surface area contributed by atoms with Gasteiger partial charge in [0.1, 0.15) is 0 Å². The van der Waals surface area contributed by atoms with E-state index in [0.29, 0.717) is 18.1 Å². The minimum atomic E-state index is -0.761. The number of hydrogen-bond donors (Lipinski definition) is 2. The zero-order valence-electron chi connectivity index (χ0n) is 14.0. The smallest absolute Gasteiger partial charge is 0.240 e. The Balaban J connectivity index is 1.61. The molecule has 1 amide bonds. The van der Waals surface area contributed by atoms with Crippen LogP contribution in [-0.4, -0.2) is 21.6 Å². The van der Waals surface area contributed by atoms with Gasteiger partial charge in [0.15, 0.2) is 5.82 Å². The molecule has 0 radical (unpaired) electrons. The van der Waals surface area contributed by atoms with E-state index in [0.717, 1.165) is 37.7 Å². The summed E-state index contributed by atoms with van der Waals surface area (Å²) in [5.41, 5.74) is 6.60. The number of rotatable bonds is 5. The van der Waals surface area contributed by atoms with Crippen molar-refractivity contribution >= 4 is 5.91 Å². The molecule has 0 spiro atoms. The van der Waals surface area contributed by atoms with Gasteiger partial charge in [-0.3, -0.25) is 4.79 Å². The Bertz CT molecular complexity index is 677. The molecule has 3 N–H and O–H groups in total. The van der Waals surface area contributed by atoms with Crippen LogP contribution in [0.2, 0.25) is 0 Å². The highest BCUT2D eigenvalue weighted by Crippen LogP contribution is 2.26. The first kappa shape index (κ1) is 16.6. The lowest BCUT2D eigenvalue weighted by atomic mass is 9.82. The van der Waals surface area contributed by atoms with E-state index >= 15 is 0 Å². The summed E-state index contributed by atoms with van der Waals surface area (Å²) in [6.45, 7) is 1.85. The quantitative estimate of drug-likeness (QED) is 0.879. The molecule has 1 saturated carbocycles. The van der Waals surface area contributed by atoms with Gasteiger partial charge in [0.25, 0.3) is 0 Å². The van der Waals surface area contributed by atoms with Crippen LogP contribution in [0, 0.1) is 0 Å². The first-order valence-corrected chi connectivity index (χ1v) is 8.53. The second-order valence-corrected chi connectivity index (χ2v) is 6.62. The molecule has 6 heteroatoms. The molecule has 0 saturated heterocycles. The van der Waals surface area contributed by atoms with Gasteiger partial charge in [-0.25, -0.2) is 0 Å². The number of aromatic nitrogens is 2. The molecule has 1 aliphatic carbocycles. The summed E-state index contributed by atoms with van der Waals surface area (Å²) in [5.74, 6) is 0.898. The molecule has 1 aliphatic rings. The SMILES string of the molecule is CC(NC(=O)C1(N)CCCCC1)c1noc(Cc2ccccc2)n1. The molecular formula is C18H24N4O2. The maximum absolute atomic E-state index is 12.5. The zero-order valence-corrected chi connectivity index (χ0v) is 14.0. The molecule has 2 aromatic rings. The van der Waals surface area contributed by atoms with Crippen LogP contribution in [0.3, 0.4) is 0 Å². The van der Waals surface area contributed by atoms with E-state index < -0.39 is 5.54 Å². The standard InChI is InChI=1S/C18H24N4O2/c1-13(20-17(23)18(19)10-6-3-7-11-18)16-21-15(24-22-16)12-14-8-4-2-5-9-14/h2,4-5,8-9,13H,3,6-7,10-12,19H2,1H3,(H,20,23). The third kappa shape index (κ3) is 3.82. The van der Waals surface area contributed by atoms with Gasteiger partial charge in [-0.1, -0.05) is 54.8 Å². The Morgan fingerprint density at radius 3 is 2.71 bits per heavy atom. The molecule has 1 aromatic heterocycles. The van der Waals surface area contributed by atoms with E-state index in [2.05, 4.69) is 15.5 Å². The molecule has 0 bridgehead atoms. The second-order valence-electron chi connectivity index (χ2n) is 6.62. The van der Waals surface area contributed by atoms with Crippen molar-refractivity contribution in [1.29, 1.82) is 0 Å². The van der Waals surface area contributed by atoms with Gasteiger partial charge in [-0.15, -0.1) is 0 Å². The van der Waals surface area contributed by atoms with E-state index in [9.17, 15) is 4.79 Å². The number of nitrogens with one attached hydrogen (secondary N) is 1. The predicted octanol–water partition coefficient (Wildman–Crippen LogP) is 2.50. The molecule has 1 heterocycles. The van der Waals surface area contributed by atoms with Crippen molar-refractivity contribution in [3.8, 4) is 0 Å². The Morgan fingerprint density at radius 1 is 1.29 bits per heavy atom. The number of hydrogen-bond acceptors (Lipinski definition) is 5. The number of carbonyl (C=O) groups is 1. The number of carbonyl (C=O) groups excluding carboxylic acids is 1. The van der Waals surface area contributed by atoms with Gasteiger partial charge in [0.05, 0.1) is 18.0 Å². The fourth-order valence-electron chi connectivity index (χ4n) is 3.10. The molecule has 24 heavy (non-hydrogen) atoms. The Hall–Kier alpha value is -2.21. The van der Waals surface area contributed by atoms with Gasteiger partial charge >= 0.3 is 0 Å². The first-order chi connectivity index (χ1) is 11.6. The van der Waals surface area contributed by atoms with Gasteiger partial charge in [0.2, 0.25) is 11.8 Å². The molecule has 6 nitrogen and oxygen atoms in total. The summed E-state index contributed by atoms with van der Waals surface area (Å²) >= 11 is 0. The monoisotopic (exact) mass is 328 g/mol.